The molecule has 1 aliphatic rings. The Bertz CT molecular complexity index is 265. The summed E-state index contributed by atoms with van der Waals surface area (Å²) >= 11 is 1.93. The number of hydrogen-bond acceptors (Lipinski definition) is 2. The minimum atomic E-state index is 0.228. The maximum atomic E-state index is 11.7. The van der Waals surface area contributed by atoms with E-state index in [4.69, 9.17) is 0 Å². The molecule has 1 heterocycles. The van der Waals surface area contributed by atoms with E-state index in [0.29, 0.717) is 17.6 Å². The van der Waals surface area contributed by atoms with Crippen LogP contribution in [0.3, 0.4) is 0 Å². The van der Waals surface area contributed by atoms with Crippen LogP contribution in [0.25, 0.3) is 0 Å². The number of carbonyl (C=O) groups excluding carboxylic acids is 1. The normalized spacial score (nSPS) is 20.0. The van der Waals surface area contributed by atoms with Crippen LogP contribution in [0.15, 0.2) is 12.2 Å². The number of unbranched alkanes of at least 4 members (excludes halogenated alkanes) is 1. The minimum Gasteiger partial charge on any atom is -0.356 e. The number of rotatable bonds is 9. The Labute approximate surface area is 116 Å². The van der Waals surface area contributed by atoms with Gasteiger partial charge in [-0.3, -0.25) is 4.79 Å². The second-order valence-electron chi connectivity index (χ2n) is 5.06. The van der Waals surface area contributed by atoms with Crippen molar-refractivity contribution in [3.05, 3.63) is 12.2 Å². The molecule has 0 bridgehead atoms. The molecule has 0 saturated heterocycles. The fourth-order valence-electron chi connectivity index (χ4n) is 2.18. The zero-order valence-corrected chi connectivity index (χ0v) is 12.6. The molecule has 2 unspecified atom stereocenters. The monoisotopic (exact) mass is 269 g/mol. The average molecular weight is 269 g/mol. The highest BCUT2D eigenvalue weighted by Gasteiger charge is 2.13. The van der Waals surface area contributed by atoms with Crippen LogP contribution in [-0.4, -0.2) is 23.5 Å². The first-order chi connectivity index (χ1) is 8.76. The van der Waals surface area contributed by atoms with Crippen molar-refractivity contribution in [3.63, 3.8) is 0 Å². The highest BCUT2D eigenvalue weighted by Crippen LogP contribution is 2.23. The molecule has 0 aromatic rings. The molecule has 104 valence electrons. The topological polar surface area (TPSA) is 29.1 Å². The lowest BCUT2D eigenvalue weighted by Gasteiger charge is -2.15. The van der Waals surface area contributed by atoms with Crippen LogP contribution in [0, 0.1) is 5.92 Å². The maximum Gasteiger partial charge on any atom is 0.220 e. The third kappa shape index (κ3) is 6.48. The lowest BCUT2D eigenvalue weighted by molar-refractivity contribution is -0.121. The van der Waals surface area contributed by atoms with Crippen LogP contribution < -0.4 is 5.32 Å². The van der Waals surface area contributed by atoms with Crippen molar-refractivity contribution in [3.8, 4) is 0 Å². The molecule has 0 aromatic carbocycles. The molecule has 2 atom stereocenters. The lowest BCUT2D eigenvalue weighted by Crippen LogP contribution is -2.29. The number of thioether (sulfide) groups is 1. The first-order valence-electron chi connectivity index (χ1n) is 7.31. The molecule has 1 amide bonds. The molecule has 1 aliphatic heterocycles. The van der Waals surface area contributed by atoms with E-state index >= 15 is 0 Å². The fraction of sp³-hybridized carbons (Fsp3) is 0.800. The quantitative estimate of drug-likeness (QED) is 0.646. The first-order valence-corrected chi connectivity index (χ1v) is 8.36. The predicted molar refractivity (Wildman–Crippen MR) is 80.9 cm³/mol. The van der Waals surface area contributed by atoms with Gasteiger partial charge in [-0.1, -0.05) is 45.3 Å². The summed E-state index contributed by atoms with van der Waals surface area (Å²) < 4.78 is 0. The molecule has 1 N–H and O–H groups in total. The van der Waals surface area contributed by atoms with E-state index in [2.05, 4.69) is 31.3 Å². The van der Waals surface area contributed by atoms with E-state index in [9.17, 15) is 4.79 Å². The van der Waals surface area contributed by atoms with Gasteiger partial charge in [0.1, 0.15) is 0 Å². The van der Waals surface area contributed by atoms with Crippen molar-refractivity contribution in [2.24, 2.45) is 5.92 Å². The summed E-state index contributed by atoms with van der Waals surface area (Å²) in [6.07, 6.45) is 11.0. The largest absolute Gasteiger partial charge is 0.356 e. The molecular formula is C15H27NOS. The summed E-state index contributed by atoms with van der Waals surface area (Å²) in [7, 11) is 0. The molecule has 0 radical (unpaired) electrons. The number of nitrogens with one attached hydrogen (secondary N) is 1. The minimum absolute atomic E-state index is 0.228. The Morgan fingerprint density at radius 3 is 2.94 bits per heavy atom. The summed E-state index contributed by atoms with van der Waals surface area (Å²) in [6.45, 7) is 5.30. The van der Waals surface area contributed by atoms with E-state index in [0.717, 1.165) is 18.7 Å². The van der Waals surface area contributed by atoms with Gasteiger partial charge in [0.25, 0.3) is 0 Å². The summed E-state index contributed by atoms with van der Waals surface area (Å²) in [5.74, 6) is 2.00. The van der Waals surface area contributed by atoms with Crippen LogP contribution in [-0.2, 0) is 4.79 Å². The first kappa shape index (κ1) is 15.6. The number of carbonyl (C=O) groups is 1. The Balaban J connectivity index is 2.08. The Morgan fingerprint density at radius 1 is 1.50 bits per heavy atom. The Kier molecular flexibility index (Phi) is 8.23. The van der Waals surface area contributed by atoms with Gasteiger partial charge in [0.05, 0.1) is 0 Å². The third-order valence-electron chi connectivity index (χ3n) is 3.54. The zero-order valence-electron chi connectivity index (χ0n) is 11.8. The van der Waals surface area contributed by atoms with Gasteiger partial charge < -0.3 is 5.32 Å². The maximum absolute atomic E-state index is 11.7. The van der Waals surface area contributed by atoms with Crippen molar-refractivity contribution in [1.82, 2.24) is 5.32 Å². The van der Waals surface area contributed by atoms with Crippen molar-refractivity contribution >= 4 is 17.7 Å². The van der Waals surface area contributed by atoms with Crippen molar-refractivity contribution in [2.45, 2.75) is 57.6 Å². The molecule has 18 heavy (non-hydrogen) atoms. The molecular weight excluding hydrogens is 242 g/mol. The predicted octanol–water partition coefficient (Wildman–Crippen LogP) is 3.77. The molecule has 0 saturated carbocycles. The molecule has 2 nitrogen and oxygen atoms in total. The Morgan fingerprint density at radius 2 is 2.33 bits per heavy atom. The van der Waals surface area contributed by atoms with Gasteiger partial charge in [0.15, 0.2) is 0 Å². The molecule has 1 rings (SSSR count). The SMILES string of the molecule is CCCCC(CC)CNC(=O)CCC1C=CCS1. The molecule has 0 aromatic heterocycles. The van der Waals surface area contributed by atoms with E-state index in [1.807, 2.05) is 11.8 Å². The van der Waals surface area contributed by atoms with Gasteiger partial charge in [0.2, 0.25) is 5.91 Å². The van der Waals surface area contributed by atoms with Crippen LogP contribution >= 0.6 is 11.8 Å². The second-order valence-corrected chi connectivity index (χ2v) is 6.33. The Hall–Kier alpha value is -0.440. The van der Waals surface area contributed by atoms with E-state index < -0.39 is 0 Å². The lowest BCUT2D eigenvalue weighted by atomic mass is 9.99. The van der Waals surface area contributed by atoms with Gasteiger partial charge in [-0.2, -0.15) is 11.8 Å². The molecule has 0 fully saturated rings. The van der Waals surface area contributed by atoms with Gasteiger partial charge >= 0.3 is 0 Å². The standard InChI is InChI=1S/C15H27NOS/c1-3-5-7-13(4-2)12-16-15(17)10-9-14-8-6-11-18-14/h6,8,13-14H,3-5,7,9-12H2,1-2H3,(H,16,17). The van der Waals surface area contributed by atoms with Gasteiger partial charge in [-0.25, -0.2) is 0 Å². The van der Waals surface area contributed by atoms with E-state index in [-0.39, 0.29) is 5.91 Å². The summed E-state index contributed by atoms with van der Waals surface area (Å²) in [5, 5.41) is 3.66. The highest BCUT2D eigenvalue weighted by atomic mass is 32.2. The number of hydrogen-bond donors (Lipinski definition) is 1. The average Bonchev–Trinajstić information content (AvgIpc) is 2.89. The molecule has 0 aliphatic carbocycles. The zero-order chi connectivity index (χ0) is 13.2. The van der Waals surface area contributed by atoms with Crippen LogP contribution in [0.5, 0.6) is 0 Å². The van der Waals surface area contributed by atoms with Crippen LogP contribution in [0.1, 0.15) is 52.4 Å². The number of amides is 1. The smallest absolute Gasteiger partial charge is 0.220 e. The van der Waals surface area contributed by atoms with E-state index in [1.54, 1.807) is 0 Å². The van der Waals surface area contributed by atoms with Gasteiger partial charge in [0, 0.05) is 24.0 Å². The van der Waals surface area contributed by atoms with Gasteiger partial charge in [-0.15, -0.1) is 0 Å². The van der Waals surface area contributed by atoms with Crippen molar-refractivity contribution in [2.75, 3.05) is 12.3 Å². The van der Waals surface area contributed by atoms with Gasteiger partial charge in [-0.05, 0) is 18.8 Å². The van der Waals surface area contributed by atoms with Crippen LogP contribution in [0.2, 0.25) is 0 Å². The second kappa shape index (κ2) is 9.48. The van der Waals surface area contributed by atoms with Crippen molar-refractivity contribution in [1.29, 1.82) is 0 Å². The summed E-state index contributed by atoms with van der Waals surface area (Å²) in [5.41, 5.74) is 0. The van der Waals surface area contributed by atoms with Crippen molar-refractivity contribution < 1.29 is 4.79 Å². The fourth-order valence-corrected chi connectivity index (χ4v) is 3.16. The molecule has 0 spiro atoms. The summed E-state index contributed by atoms with van der Waals surface area (Å²) in [4.78, 5) is 11.7. The highest BCUT2D eigenvalue weighted by molar-refractivity contribution is 8.00. The summed E-state index contributed by atoms with van der Waals surface area (Å²) in [6, 6.07) is 0. The van der Waals surface area contributed by atoms with Crippen LogP contribution in [0.4, 0.5) is 0 Å². The molecule has 3 heteroatoms. The van der Waals surface area contributed by atoms with E-state index in [1.165, 1.54) is 25.7 Å². The third-order valence-corrected chi connectivity index (χ3v) is 4.75.